The van der Waals surface area contributed by atoms with E-state index < -0.39 is 0 Å². The largest absolute Gasteiger partial charge is 0.493 e. The molecule has 1 aliphatic rings. The maximum absolute atomic E-state index is 11.5. The third-order valence-electron chi connectivity index (χ3n) is 5.99. The van der Waals surface area contributed by atoms with Gasteiger partial charge in [0.2, 0.25) is 0 Å². The van der Waals surface area contributed by atoms with Gasteiger partial charge in [0, 0.05) is 34.1 Å². The first-order valence-electron chi connectivity index (χ1n) is 10.7. The van der Waals surface area contributed by atoms with Crippen LogP contribution < -0.4 is 9.47 Å². The molecular weight excluding hydrogens is 414 g/mol. The average Bonchev–Trinajstić information content (AvgIpc) is 3.20. The van der Waals surface area contributed by atoms with Gasteiger partial charge in [0.05, 0.1) is 19.2 Å². The number of piperidine rings is 1. The highest BCUT2D eigenvalue weighted by Gasteiger charge is 2.23. The molecule has 31 heavy (non-hydrogen) atoms. The summed E-state index contributed by atoms with van der Waals surface area (Å²) in [6.07, 6.45) is 3.16. The summed E-state index contributed by atoms with van der Waals surface area (Å²) in [5, 5.41) is 9.56. The maximum atomic E-state index is 11.5. The molecule has 0 amide bonds. The number of fused-ring (bicyclic) bond motifs is 1. The molecule has 0 unspecified atom stereocenters. The fourth-order valence-corrected chi connectivity index (χ4v) is 4.40. The van der Waals surface area contributed by atoms with Gasteiger partial charge in [-0.3, -0.25) is 9.89 Å². The van der Waals surface area contributed by atoms with E-state index in [4.69, 9.17) is 21.1 Å². The van der Waals surface area contributed by atoms with E-state index in [2.05, 4.69) is 21.2 Å². The predicted octanol–water partition coefficient (Wildman–Crippen LogP) is 5.08. The highest BCUT2D eigenvalue weighted by atomic mass is 35.5. The molecule has 0 aliphatic carbocycles. The lowest BCUT2D eigenvalue weighted by Gasteiger charge is -2.31. The molecule has 0 radical (unpaired) electrons. The molecule has 0 bridgehead atoms. The minimum absolute atomic E-state index is 0.0141. The van der Waals surface area contributed by atoms with Gasteiger partial charge in [0.25, 0.3) is 0 Å². The number of Topliss-reactive ketones (excluding diaryl/α,β-unsaturated/α-hetero) is 1. The molecule has 1 aromatic heterocycles. The first-order chi connectivity index (χ1) is 15.0. The molecule has 6 nitrogen and oxygen atoms in total. The van der Waals surface area contributed by atoms with E-state index in [0.717, 1.165) is 49.4 Å². The van der Waals surface area contributed by atoms with Crippen LogP contribution in [0.1, 0.15) is 48.2 Å². The van der Waals surface area contributed by atoms with Crippen molar-refractivity contribution in [3.63, 3.8) is 0 Å². The number of hydrogen-bond donors (Lipinski definition) is 1. The zero-order chi connectivity index (χ0) is 21.8. The summed E-state index contributed by atoms with van der Waals surface area (Å²) in [5.74, 6) is 1.79. The summed E-state index contributed by atoms with van der Waals surface area (Å²) in [4.78, 5) is 14.0. The number of halogens is 1. The van der Waals surface area contributed by atoms with E-state index in [1.807, 2.05) is 18.2 Å². The maximum Gasteiger partial charge on any atom is 0.161 e. The van der Waals surface area contributed by atoms with Crippen LogP contribution in [0.25, 0.3) is 10.9 Å². The number of rotatable bonds is 8. The lowest BCUT2D eigenvalue weighted by atomic mass is 9.91. The monoisotopic (exact) mass is 441 g/mol. The van der Waals surface area contributed by atoms with Crippen molar-refractivity contribution in [3.8, 4) is 11.5 Å². The van der Waals surface area contributed by atoms with Crippen molar-refractivity contribution < 1.29 is 14.3 Å². The molecule has 3 aromatic rings. The van der Waals surface area contributed by atoms with Gasteiger partial charge in [-0.1, -0.05) is 11.6 Å². The minimum atomic E-state index is 0.0141. The van der Waals surface area contributed by atoms with Crippen molar-refractivity contribution in [2.45, 2.75) is 32.1 Å². The Bertz CT molecular complexity index is 1060. The Morgan fingerprint density at radius 2 is 2.00 bits per heavy atom. The highest BCUT2D eigenvalue weighted by molar-refractivity contribution is 6.31. The van der Waals surface area contributed by atoms with E-state index in [-0.39, 0.29) is 5.78 Å². The minimum Gasteiger partial charge on any atom is -0.493 e. The Balaban J connectivity index is 1.24. The van der Waals surface area contributed by atoms with Crippen LogP contribution >= 0.6 is 11.6 Å². The summed E-state index contributed by atoms with van der Waals surface area (Å²) in [5.41, 5.74) is 2.80. The number of nitrogens with one attached hydrogen (secondary N) is 1. The van der Waals surface area contributed by atoms with E-state index in [1.54, 1.807) is 26.2 Å². The van der Waals surface area contributed by atoms with Crippen LogP contribution in [-0.4, -0.2) is 54.2 Å². The first-order valence-corrected chi connectivity index (χ1v) is 11.1. The Morgan fingerprint density at radius 3 is 2.74 bits per heavy atom. The molecule has 1 fully saturated rings. The number of likely N-dealkylation sites (tertiary alicyclic amines) is 1. The number of H-pyrrole nitrogens is 1. The van der Waals surface area contributed by atoms with Gasteiger partial charge in [0.15, 0.2) is 17.3 Å². The second-order valence-corrected chi connectivity index (χ2v) is 8.47. The summed E-state index contributed by atoms with van der Waals surface area (Å²) in [7, 11) is 1.59. The average molecular weight is 442 g/mol. The number of nitrogens with zero attached hydrogens (tertiary/aromatic N) is 2. The van der Waals surface area contributed by atoms with E-state index in [0.29, 0.717) is 29.6 Å². The van der Waals surface area contributed by atoms with Crippen LogP contribution in [-0.2, 0) is 0 Å². The van der Waals surface area contributed by atoms with Crippen molar-refractivity contribution in [1.82, 2.24) is 15.1 Å². The first kappa shape index (κ1) is 21.7. The van der Waals surface area contributed by atoms with Crippen LogP contribution in [0.15, 0.2) is 36.4 Å². The number of aromatic amines is 1. The van der Waals surface area contributed by atoms with Gasteiger partial charge in [-0.25, -0.2) is 0 Å². The van der Waals surface area contributed by atoms with Gasteiger partial charge in [0.1, 0.15) is 0 Å². The van der Waals surface area contributed by atoms with E-state index in [1.165, 1.54) is 11.1 Å². The summed E-state index contributed by atoms with van der Waals surface area (Å²) >= 11 is 6.08. The van der Waals surface area contributed by atoms with Gasteiger partial charge >= 0.3 is 0 Å². The number of carbonyl (C=O) groups is 1. The quantitative estimate of drug-likeness (QED) is 0.390. The fraction of sp³-hybridized carbons (Fsp3) is 0.417. The van der Waals surface area contributed by atoms with Gasteiger partial charge in [-0.15, -0.1) is 0 Å². The molecular formula is C24H28ClN3O3. The second-order valence-electron chi connectivity index (χ2n) is 8.04. The van der Waals surface area contributed by atoms with Gasteiger partial charge in [-0.05, 0) is 75.7 Å². The Labute approximate surface area is 187 Å². The molecule has 0 atom stereocenters. The molecule has 1 N–H and O–H groups in total. The molecule has 2 aromatic carbocycles. The molecule has 164 valence electrons. The molecule has 0 spiro atoms. The lowest BCUT2D eigenvalue weighted by molar-refractivity contribution is 0.101. The van der Waals surface area contributed by atoms with Crippen molar-refractivity contribution in [2.24, 2.45) is 0 Å². The standard InChI is InChI=1S/C24H28ClN3O3/c1-16(29)18-4-7-22(23(14-18)30-2)31-13-3-10-28-11-8-17(9-12-28)24-20-6-5-19(25)15-21(20)26-27-24/h4-7,14-15,17H,3,8-13H2,1-2H3,(H,26,27). The number of ether oxygens (including phenoxy) is 2. The SMILES string of the molecule is COc1cc(C(C)=O)ccc1OCCCN1CCC(c2[nH]nc3cc(Cl)ccc23)CC1. The normalized spacial score (nSPS) is 15.3. The Hall–Kier alpha value is -2.57. The molecule has 1 aliphatic heterocycles. The lowest BCUT2D eigenvalue weighted by Crippen LogP contribution is -2.34. The molecule has 0 saturated carbocycles. The smallest absolute Gasteiger partial charge is 0.161 e. The van der Waals surface area contributed by atoms with Crippen LogP contribution in [0, 0.1) is 0 Å². The van der Waals surface area contributed by atoms with Crippen LogP contribution in [0.2, 0.25) is 5.02 Å². The number of carbonyl (C=O) groups excluding carboxylic acids is 1. The fourth-order valence-electron chi connectivity index (χ4n) is 4.24. The van der Waals surface area contributed by atoms with Crippen molar-refractivity contribution in [1.29, 1.82) is 0 Å². The van der Waals surface area contributed by atoms with E-state index in [9.17, 15) is 4.79 Å². The molecule has 1 saturated heterocycles. The predicted molar refractivity (Wildman–Crippen MR) is 123 cm³/mol. The Morgan fingerprint density at radius 1 is 1.19 bits per heavy atom. The third kappa shape index (κ3) is 5.02. The van der Waals surface area contributed by atoms with Gasteiger partial charge < -0.3 is 14.4 Å². The van der Waals surface area contributed by atoms with Crippen molar-refractivity contribution in [3.05, 3.63) is 52.7 Å². The molecule has 4 rings (SSSR count). The highest BCUT2D eigenvalue weighted by Crippen LogP contribution is 2.32. The summed E-state index contributed by atoms with van der Waals surface area (Å²) < 4.78 is 11.3. The third-order valence-corrected chi connectivity index (χ3v) is 6.22. The molecule has 7 heteroatoms. The number of hydrogen-bond acceptors (Lipinski definition) is 5. The van der Waals surface area contributed by atoms with E-state index >= 15 is 0 Å². The van der Waals surface area contributed by atoms with Gasteiger partial charge in [-0.2, -0.15) is 5.10 Å². The zero-order valence-corrected chi connectivity index (χ0v) is 18.7. The number of methoxy groups -OCH3 is 1. The Kier molecular flexibility index (Phi) is 6.78. The van der Waals surface area contributed by atoms with Crippen LogP contribution in [0.3, 0.4) is 0 Å². The number of ketones is 1. The van der Waals surface area contributed by atoms with Crippen molar-refractivity contribution >= 4 is 28.3 Å². The number of benzene rings is 2. The topological polar surface area (TPSA) is 67.5 Å². The number of aromatic nitrogens is 2. The van der Waals surface area contributed by atoms with Crippen LogP contribution in [0.5, 0.6) is 11.5 Å². The van der Waals surface area contributed by atoms with Crippen LogP contribution in [0.4, 0.5) is 0 Å². The molecule has 2 heterocycles. The zero-order valence-electron chi connectivity index (χ0n) is 18.0. The summed E-state index contributed by atoms with van der Waals surface area (Å²) in [6.45, 7) is 5.29. The van der Waals surface area contributed by atoms with Crippen molar-refractivity contribution in [2.75, 3.05) is 33.4 Å². The summed E-state index contributed by atoms with van der Waals surface area (Å²) in [6, 6.07) is 11.2. The second kappa shape index (κ2) is 9.71.